The third-order valence-electron chi connectivity index (χ3n) is 5.66. The number of hydrogen-bond donors (Lipinski definition) is 2. The van der Waals surface area contributed by atoms with Crippen LogP contribution in [0.1, 0.15) is 33.6 Å². The van der Waals surface area contributed by atoms with Gasteiger partial charge in [0.05, 0.1) is 17.2 Å². The van der Waals surface area contributed by atoms with Crippen molar-refractivity contribution in [1.29, 1.82) is 0 Å². The highest BCUT2D eigenvalue weighted by molar-refractivity contribution is 6.33. The lowest BCUT2D eigenvalue weighted by Crippen LogP contribution is -2.54. The van der Waals surface area contributed by atoms with Gasteiger partial charge in [-0.2, -0.15) is 0 Å². The number of carbonyl (C=O) groups is 3. The van der Waals surface area contributed by atoms with Crippen LogP contribution in [0.15, 0.2) is 48.5 Å². The van der Waals surface area contributed by atoms with E-state index in [2.05, 4.69) is 10.6 Å². The van der Waals surface area contributed by atoms with E-state index in [0.29, 0.717) is 44.1 Å². The second kappa shape index (κ2) is 11.8. The highest BCUT2D eigenvalue weighted by Crippen LogP contribution is 2.24. The van der Waals surface area contributed by atoms with Gasteiger partial charge in [-0.25, -0.2) is 4.39 Å². The number of carbonyl (C=O) groups excluding carboxylic acids is 3. The highest BCUT2D eigenvalue weighted by atomic mass is 35.5. The minimum atomic E-state index is -0.794. The van der Waals surface area contributed by atoms with Crippen molar-refractivity contribution in [2.24, 2.45) is 5.92 Å². The number of rotatable bonds is 8. The van der Waals surface area contributed by atoms with Gasteiger partial charge in [-0.3, -0.25) is 14.4 Å². The molecule has 0 bridgehead atoms. The fourth-order valence-corrected chi connectivity index (χ4v) is 4.11. The van der Waals surface area contributed by atoms with Gasteiger partial charge in [0, 0.05) is 32.3 Å². The standard InChI is InChI=1S/C24H27ClFN3O4/c1-33-14-11-27-23(31)21(28-22(30)19-7-2-3-8-20(19)25)16-9-12-29(13-10-16)24(32)17-5-4-6-18(26)15-17/h2-8,15-16,21H,9-14H2,1H3,(H,27,31)(H,28,30)/t21-/m0/s1. The van der Waals surface area contributed by atoms with Crippen LogP contribution < -0.4 is 10.6 Å². The van der Waals surface area contributed by atoms with Crippen molar-refractivity contribution >= 4 is 29.3 Å². The first-order chi connectivity index (χ1) is 15.9. The fraction of sp³-hybridized carbons (Fsp3) is 0.375. The van der Waals surface area contributed by atoms with Crippen molar-refractivity contribution in [3.05, 3.63) is 70.5 Å². The summed E-state index contributed by atoms with van der Waals surface area (Å²) in [7, 11) is 1.54. The molecule has 0 spiro atoms. The molecule has 0 aromatic heterocycles. The predicted molar refractivity (Wildman–Crippen MR) is 123 cm³/mol. The summed E-state index contributed by atoms with van der Waals surface area (Å²) in [5.41, 5.74) is 0.571. The topological polar surface area (TPSA) is 87.7 Å². The maximum absolute atomic E-state index is 13.5. The molecule has 7 nitrogen and oxygen atoms in total. The average Bonchev–Trinajstić information content (AvgIpc) is 2.82. The molecule has 1 aliphatic rings. The van der Waals surface area contributed by atoms with E-state index in [0.717, 1.165) is 0 Å². The van der Waals surface area contributed by atoms with Crippen LogP contribution in [0.3, 0.4) is 0 Å². The summed E-state index contributed by atoms with van der Waals surface area (Å²) in [6.45, 7) is 1.44. The van der Waals surface area contributed by atoms with Crippen molar-refractivity contribution in [2.45, 2.75) is 18.9 Å². The van der Waals surface area contributed by atoms with E-state index in [-0.39, 0.29) is 28.9 Å². The second-order valence-corrected chi connectivity index (χ2v) is 8.26. The number of benzene rings is 2. The summed E-state index contributed by atoms with van der Waals surface area (Å²) < 4.78 is 18.5. The lowest BCUT2D eigenvalue weighted by molar-refractivity contribution is -0.124. The largest absolute Gasteiger partial charge is 0.383 e. The van der Waals surface area contributed by atoms with E-state index in [9.17, 15) is 18.8 Å². The monoisotopic (exact) mass is 475 g/mol. The van der Waals surface area contributed by atoms with E-state index in [4.69, 9.17) is 16.3 Å². The molecule has 1 heterocycles. The Morgan fingerprint density at radius 1 is 1.15 bits per heavy atom. The summed E-state index contributed by atoms with van der Waals surface area (Å²) in [4.78, 5) is 40.1. The summed E-state index contributed by atoms with van der Waals surface area (Å²) >= 11 is 6.14. The molecule has 0 saturated carbocycles. The Kier molecular flexibility index (Phi) is 8.79. The van der Waals surface area contributed by atoms with Crippen LogP contribution in [0.4, 0.5) is 4.39 Å². The van der Waals surface area contributed by atoms with Crippen LogP contribution in [-0.4, -0.2) is 62.0 Å². The molecule has 9 heteroatoms. The van der Waals surface area contributed by atoms with E-state index in [1.165, 1.54) is 25.3 Å². The zero-order valence-corrected chi connectivity index (χ0v) is 19.1. The number of likely N-dealkylation sites (tertiary alicyclic amines) is 1. The quantitative estimate of drug-likeness (QED) is 0.575. The number of methoxy groups -OCH3 is 1. The SMILES string of the molecule is COCCNC(=O)[C@@H](NC(=O)c1ccccc1Cl)C1CCN(C(=O)c2cccc(F)c2)CC1. The van der Waals surface area contributed by atoms with Gasteiger partial charge in [-0.15, -0.1) is 0 Å². The van der Waals surface area contributed by atoms with Gasteiger partial charge in [0.2, 0.25) is 5.91 Å². The average molecular weight is 476 g/mol. The molecule has 0 unspecified atom stereocenters. The van der Waals surface area contributed by atoms with Gasteiger partial charge >= 0.3 is 0 Å². The Bertz CT molecular complexity index is 995. The van der Waals surface area contributed by atoms with Crippen molar-refractivity contribution < 1.29 is 23.5 Å². The van der Waals surface area contributed by atoms with Gasteiger partial charge in [0.1, 0.15) is 11.9 Å². The molecule has 0 aliphatic carbocycles. The molecule has 2 aromatic rings. The maximum atomic E-state index is 13.5. The Balaban J connectivity index is 1.69. The number of halogens is 2. The van der Waals surface area contributed by atoms with E-state index in [1.807, 2.05) is 0 Å². The minimum Gasteiger partial charge on any atom is -0.383 e. The van der Waals surface area contributed by atoms with Crippen LogP contribution in [0.2, 0.25) is 5.02 Å². The summed E-state index contributed by atoms with van der Waals surface area (Å²) in [6.07, 6.45) is 1.01. The van der Waals surface area contributed by atoms with Gasteiger partial charge in [-0.05, 0) is 49.1 Å². The Hall–Kier alpha value is -2.97. The van der Waals surface area contributed by atoms with Crippen LogP contribution in [0.5, 0.6) is 0 Å². The van der Waals surface area contributed by atoms with Gasteiger partial charge in [0.25, 0.3) is 11.8 Å². The van der Waals surface area contributed by atoms with E-state index >= 15 is 0 Å². The lowest BCUT2D eigenvalue weighted by Gasteiger charge is -2.36. The number of amides is 3. The van der Waals surface area contributed by atoms with E-state index < -0.39 is 17.8 Å². The zero-order chi connectivity index (χ0) is 23.8. The molecular weight excluding hydrogens is 449 g/mol. The first-order valence-electron chi connectivity index (χ1n) is 10.8. The predicted octanol–water partition coefficient (Wildman–Crippen LogP) is 2.89. The minimum absolute atomic E-state index is 0.185. The fourth-order valence-electron chi connectivity index (χ4n) is 3.89. The summed E-state index contributed by atoms with van der Waals surface area (Å²) in [5, 5.41) is 5.90. The van der Waals surface area contributed by atoms with Gasteiger partial charge < -0.3 is 20.3 Å². The molecule has 0 radical (unpaired) electrons. The third-order valence-corrected chi connectivity index (χ3v) is 5.99. The molecule has 3 rings (SSSR count). The molecule has 1 fully saturated rings. The maximum Gasteiger partial charge on any atom is 0.253 e. The molecular formula is C24H27ClFN3O4. The van der Waals surface area contributed by atoms with Crippen LogP contribution >= 0.6 is 11.6 Å². The number of piperidine rings is 1. The normalized spacial score (nSPS) is 15.1. The molecule has 3 amide bonds. The summed E-state index contributed by atoms with van der Waals surface area (Å²) in [6, 6.07) is 11.4. The Morgan fingerprint density at radius 3 is 2.55 bits per heavy atom. The van der Waals surface area contributed by atoms with Crippen LogP contribution in [-0.2, 0) is 9.53 Å². The Labute approximate surface area is 197 Å². The van der Waals surface area contributed by atoms with Crippen molar-refractivity contribution in [3.8, 4) is 0 Å². The van der Waals surface area contributed by atoms with Crippen molar-refractivity contribution in [3.63, 3.8) is 0 Å². The molecule has 33 heavy (non-hydrogen) atoms. The number of nitrogens with zero attached hydrogens (tertiary/aromatic N) is 1. The number of ether oxygens (including phenoxy) is 1. The molecule has 2 aromatic carbocycles. The molecule has 2 N–H and O–H groups in total. The third kappa shape index (κ3) is 6.52. The van der Waals surface area contributed by atoms with Crippen molar-refractivity contribution in [2.75, 3.05) is 33.4 Å². The van der Waals surface area contributed by atoms with Crippen LogP contribution in [0, 0.1) is 11.7 Å². The van der Waals surface area contributed by atoms with Crippen molar-refractivity contribution in [1.82, 2.24) is 15.5 Å². The molecule has 1 saturated heterocycles. The first-order valence-corrected chi connectivity index (χ1v) is 11.2. The number of nitrogens with one attached hydrogen (secondary N) is 2. The van der Waals surface area contributed by atoms with E-state index in [1.54, 1.807) is 35.2 Å². The highest BCUT2D eigenvalue weighted by Gasteiger charge is 2.34. The smallest absolute Gasteiger partial charge is 0.253 e. The molecule has 1 atom stereocenters. The van der Waals surface area contributed by atoms with Gasteiger partial charge in [0.15, 0.2) is 0 Å². The number of hydrogen-bond acceptors (Lipinski definition) is 4. The summed E-state index contributed by atoms with van der Waals surface area (Å²) in [5.74, 6) is -1.66. The molecule has 1 aliphatic heterocycles. The van der Waals surface area contributed by atoms with Gasteiger partial charge in [-0.1, -0.05) is 29.8 Å². The van der Waals surface area contributed by atoms with Crippen LogP contribution in [0.25, 0.3) is 0 Å². The first kappa shape index (κ1) is 24.7. The molecule has 176 valence electrons. The second-order valence-electron chi connectivity index (χ2n) is 7.85. The zero-order valence-electron chi connectivity index (χ0n) is 18.4. The lowest BCUT2D eigenvalue weighted by atomic mass is 9.88. The Morgan fingerprint density at radius 2 is 1.88 bits per heavy atom.